The fourth-order valence-electron chi connectivity index (χ4n) is 8.31. The second-order valence-corrected chi connectivity index (χ2v) is 13.4. The van der Waals surface area contributed by atoms with Gasteiger partial charge in [0, 0.05) is 49.1 Å². The lowest BCUT2D eigenvalue weighted by Gasteiger charge is -2.34. The Labute approximate surface area is 260 Å². The van der Waals surface area contributed by atoms with Gasteiger partial charge in [-0.05, 0) is 78.7 Å². The lowest BCUT2D eigenvalue weighted by molar-refractivity contribution is 0.107. The van der Waals surface area contributed by atoms with Gasteiger partial charge >= 0.3 is 6.01 Å². The number of alkyl halides is 1. The van der Waals surface area contributed by atoms with Crippen LogP contribution in [0.1, 0.15) is 44.6 Å². The molecule has 4 atom stereocenters. The van der Waals surface area contributed by atoms with E-state index in [2.05, 4.69) is 20.1 Å². The van der Waals surface area contributed by atoms with Crippen molar-refractivity contribution in [2.24, 2.45) is 0 Å². The molecule has 2 bridgehead atoms. The molecule has 2 N–H and O–H groups in total. The Morgan fingerprint density at radius 3 is 2.75 bits per heavy atom. The van der Waals surface area contributed by atoms with E-state index in [1.54, 1.807) is 18.2 Å². The van der Waals surface area contributed by atoms with Gasteiger partial charge in [-0.1, -0.05) is 36.7 Å². The number of piperazine rings is 1. The summed E-state index contributed by atoms with van der Waals surface area (Å²) >= 11 is 6.95. The molecular weight excluding hydrogens is 584 g/mol. The number of aromatic nitrogens is 2. The van der Waals surface area contributed by atoms with E-state index < -0.39 is 12.0 Å². The van der Waals surface area contributed by atoms with Crippen LogP contribution in [0.15, 0.2) is 36.4 Å². The Bertz CT molecular complexity index is 1780. The Morgan fingerprint density at radius 1 is 1.14 bits per heavy atom. The number of rotatable bonds is 6. The third kappa shape index (κ3) is 4.58. The molecule has 1 aromatic heterocycles. The van der Waals surface area contributed by atoms with Gasteiger partial charge in [0.2, 0.25) is 0 Å². The van der Waals surface area contributed by atoms with Gasteiger partial charge in [-0.3, -0.25) is 4.90 Å². The zero-order chi connectivity index (χ0) is 30.2. The van der Waals surface area contributed by atoms with Crippen molar-refractivity contribution in [2.75, 3.05) is 37.7 Å². The number of ether oxygens (including phenoxy) is 1. The van der Waals surface area contributed by atoms with Gasteiger partial charge < -0.3 is 20.1 Å². The number of aromatic hydroxyl groups is 1. The van der Waals surface area contributed by atoms with Gasteiger partial charge in [0.25, 0.3) is 0 Å². The number of nitrogens with one attached hydrogen (secondary N) is 1. The Morgan fingerprint density at radius 2 is 1.95 bits per heavy atom. The molecule has 4 aliphatic heterocycles. The molecule has 4 saturated heterocycles. The molecule has 4 aliphatic rings. The molecule has 0 amide bonds. The highest BCUT2D eigenvalue weighted by Gasteiger charge is 2.49. The van der Waals surface area contributed by atoms with E-state index in [4.69, 9.17) is 21.3 Å². The number of benzene rings is 3. The third-order valence-corrected chi connectivity index (χ3v) is 10.6. The quantitative estimate of drug-likeness (QED) is 0.259. The smallest absolute Gasteiger partial charge is 0.319 e. The van der Waals surface area contributed by atoms with Crippen LogP contribution in [0.25, 0.3) is 32.8 Å². The van der Waals surface area contributed by atoms with Crippen LogP contribution >= 0.6 is 11.6 Å². The van der Waals surface area contributed by atoms with Gasteiger partial charge in [-0.15, -0.1) is 0 Å². The number of aryl methyl sites for hydroxylation is 1. The predicted octanol–water partition coefficient (Wildman–Crippen LogP) is 6.41. The maximum Gasteiger partial charge on any atom is 0.319 e. The molecule has 8 rings (SSSR count). The standard InChI is InChI=1S/C34H36ClF2N5O2/c1-2-19-5-3-6-20-11-24(43)12-25(28(19)20)29-27(35)13-26-31(30(29)37)39-33(40-32(26)41-16-22-7-8-23(17-41)38-22)44-18-34-9-4-10-42(34)15-21(36)14-34/h3,5-6,11-13,21-23,38,43H,2,4,7-10,14-18H2,1H3/t21?,22?,23?,34-/m0/s1. The summed E-state index contributed by atoms with van der Waals surface area (Å²) in [4.78, 5) is 13.9. The maximum atomic E-state index is 17.0. The topological polar surface area (TPSA) is 73.8 Å². The molecule has 5 heterocycles. The van der Waals surface area contributed by atoms with Crippen molar-refractivity contribution in [1.82, 2.24) is 20.2 Å². The van der Waals surface area contributed by atoms with Crippen molar-refractivity contribution in [1.29, 1.82) is 0 Å². The van der Waals surface area contributed by atoms with Crippen LogP contribution in [0.4, 0.5) is 14.6 Å². The van der Waals surface area contributed by atoms with E-state index in [1.807, 2.05) is 25.1 Å². The minimum Gasteiger partial charge on any atom is -0.508 e. The van der Waals surface area contributed by atoms with E-state index in [9.17, 15) is 9.50 Å². The van der Waals surface area contributed by atoms with Gasteiger partial charge in [0.05, 0.1) is 10.6 Å². The summed E-state index contributed by atoms with van der Waals surface area (Å²) in [6, 6.07) is 11.6. The summed E-state index contributed by atoms with van der Waals surface area (Å²) in [6.07, 6.45) is 4.30. The first-order chi connectivity index (χ1) is 21.3. The Hall–Kier alpha value is -3.27. The average molecular weight is 620 g/mol. The highest BCUT2D eigenvalue weighted by atomic mass is 35.5. The van der Waals surface area contributed by atoms with E-state index in [1.165, 1.54) is 0 Å². The molecule has 7 nitrogen and oxygen atoms in total. The molecule has 44 heavy (non-hydrogen) atoms. The summed E-state index contributed by atoms with van der Waals surface area (Å²) in [5.74, 6) is 0.0479. The summed E-state index contributed by atoms with van der Waals surface area (Å²) in [5.41, 5.74) is 1.47. The van der Waals surface area contributed by atoms with Crippen LogP contribution in [0, 0.1) is 5.82 Å². The number of anilines is 1. The van der Waals surface area contributed by atoms with Crippen molar-refractivity contribution >= 4 is 39.1 Å². The first-order valence-electron chi connectivity index (χ1n) is 15.8. The molecule has 0 saturated carbocycles. The fraction of sp³-hybridized carbons (Fsp3) is 0.471. The van der Waals surface area contributed by atoms with Gasteiger partial charge in [-0.2, -0.15) is 9.97 Å². The van der Waals surface area contributed by atoms with Gasteiger partial charge in [0.15, 0.2) is 5.82 Å². The first-order valence-corrected chi connectivity index (χ1v) is 16.2. The molecule has 0 aliphatic carbocycles. The molecular formula is C34H36ClF2N5O2. The number of hydrogen-bond acceptors (Lipinski definition) is 7. The third-order valence-electron chi connectivity index (χ3n) is 10.3. The second-order valence-electron chi connectivity index (χ2n) is 13.0. The van der Waals surface area contributed by atoms with Crippen molar-refractivity contribution in [3.05, 3.63) is 52.8 Å². The molecule has 3 aromatic carbocycles. The zero-order valence-electron chi connectivity index (χ0n) is 24.8. The van der Waals surface area contributed by atoms with E-state index in [0.29, 0.717) is 41.8 Å². The molecule has 3 unspecified atom stereocenters. The van der Waals surface area contributed by atoms with Crippen LogP contribution in [0.3, 0.4) is 0 Å². The van der Waals surface area contributed by atoms with Crippen LogP contribution in [-0.2, 0) is 6.42 Å². The van der Waals surface area contributed by atoms with Gasteiger partial charge in [-0.25, -0.2) is 8.78 Å². The van der Waals surface area contributed by atoms with E-state index in [-0.39, 0.29) is 40.0 Å². The molecule has 0 spiro atoms. The normalized spacial score (nSPS) is 26.6. The number of fused-ring (bicyclic) bond motifs is 5. The summed E-state index contributed by atoms with van der Waals surface area (Å²) in [5, 5.41) is 16.7. The van der Waals surface area contributed by atoms with Crippen molar-refractivity contribution in [2.45, 2.75) is 69.2 Å². The molecule has 230 valence electrons. The minimum atomic E-state index is -0.879. The van der Waals surface area contributed by atoms with E-state index in [0.717, 1.165) is 68.1 Å². The Kier molecular flexibility index (Phi) is 6.84. The van der Waals surface area contributed by atoms with Crippen molar-refractivity contribution < 1.29 is 18.6 Å². The number of phenolic OH excluding ortho intramolecular Hbond substituents is 1. The van der Waals surface area contributed by atoms with Crippen molar-refractivity contribution in [3.8, 4) is 22.9 Å². The molecule has 4 aromatic rings. The van der Waals surface area contributed by atoms with Crippen molar-refractivity contribution in [3.63, 3.8) is 0 Å². The summed E-state index contributed by atoms with van der Waals surface area (Å²) in [6.45, 7) is 5.05. The Balaban J connectivity index is 1.29. The number of phenols is 1. The highest BCUT2D eigenvalue weighted by Crippen LogP contribution is 2.44. The predicted molar refractivity (Wildman–Crippen MR) is 169 cm³/mol. The lowest BCUT2D eigenvalue weighted by Crippen LogP contribution is -2.51. The molecule has 4 fully saturated rings. The van der Waals surface area contributed by atoms with Crippen LogP contribution < -0.4 is 15.0 Å². The maximum absolute atomic E-state index is 17.0. The zero-order valence-corrected chi connectivity index (χ0v) is 25.5. The highest BCUT2D eigenvalue weighted by molar-refractivity contribution is 6.35. The average Bonchev–Trinajstić information content (AvgIpc) is 3.65. The lowest BCUT2D eigenvalue weighted by atomic mass is 9.92. The minimum absolute atomic E-state index is 0.0307. The number of nitrogens with zero attached hydrogens (tertiary/aromatic N) is 4. The monoisotopic (exact) mass is 619 g/mol. The largest absolute Gasteiger partial charge is 0.508 e. The number of halogens is 3. The SMILES string of the molecule is CCc1cccc2cc(O)cc(-c3c(Cl)cc4c(N5CC6CCC(C5)N6)nc(OC[C@@]56CCCN5CC(F)C6)nc4c3F)c12. The summed E-state index contributed by atoms with van der Waals surface area (Å²) < 4.78 is 37.8. The van der Waals surface area contributed by atoms with Crippen LogP contribution in [0.2, 0.25) is 5.02 Å². The van der Waals surface area contributed by atoms with E-state index >= 15 is 4.39 Å². The first kappa shape index (κ1) is 28.2. The molecule has 10 heteroatoms. The summed E-state index contributed by atoms with van der Waals surface area (Å²) in [7, 11) is 0. The fourth-order valence-corrected chi connectivity index (χ4v) is 8.61. The molecule has 0 radical (unpaired) electrons. The van der Waals surface area contributed by atoms with Crippen LogP contribution in [0.5, 0.6) is 11.8 Å². The van der Waals surface area contributed by atoms with Gasteiger partial charge in [0.1, 0.15) is 29.9 Å². The number of hydrogen-bond donors (Lipinski definition) is 2. The second kappa shape index (κ2) is 10.7. The van der Waals surface area contributed by atoms with Crippen LogP contribution in [-0.4, -0.2) is 76.6 Å².